The Morgan fingerprint density at radius 3 is 2.60 bits per heavy atom. The molecule has 0 fully saturated rings. The average Bonchev–Trinajstić information content (AvgIpc) is 2.17. The van der Waals surface area contributed by atoms with Gasteiger partial charge in [-0.05, 0) is 57.3 Å². The van der Waals surface area contributed by atoms with Crippen LogP contribution in [-0.4, -0.2) is 4.09 Å². The molecule has 0 saturated heterocycles. The van der Waals surface area contributed by atoms with Gasteiger partial charge in [0.1, 0.15) is 0 Å². The van der Waals surface area contributed by atoms with Gasteiger partial charge in [-0.2, -0.15) is 0 Å². The van der Waals surface area contributed by atoms with Crippen LogP contribution in [0.3, 0.4) is 0 Å². The summed E-state index contributed by atoms with van der Waals surface area (Å²) < 4.78 is 6.95. The summed E-state index contributed by atoms with van der Waals surface area (Å²) in [5.74, 6) is -0.867. The van der Waals surface area contributed by atoms with Crippen LogP contribution in [0.15, 0.2) is 26.1 Å². The van der Waals surface area contributed by atoms with E-state index in [1.165, 1.54) is 0 Å². The lowest BCUT2D eigenvalue weighted by Gasteiger charge is -2.00. The van der Waals surface area contributed by atoms with Crippen molar-refractivity contribution in [2.75, 3.05) is 0 Å². The molecule has 1 aromatic carbocycles. The SMILES string of the molecule is O=c1oc2c(I)cc(I)cc2c(=O)n1Cl. The molecule has 0 radical (unpaired) electrons. The molecule has 1 heterocycles. The normalized spacial score (nSPS) is 10.9. The summed E-state index contributed by atoms with van der Waals surface area (Å²) in [5.41, 5.74) is -0.276. The van der Waals surface area contributed by atoms with E-state index in [0.717, 1.165) is 3.57 Å². The van der Waals surface area contributed by atoms with Gasteiger partial charge in [0.15, 0.2) is 5.58 Å². The third kappa shape index (κ3) is 1.94. The second kappa shape index (κ2) is 4.06. The minimum atomic E-state index is -0.867. The zero-order valence-corrected chi connectivity index (χ0v) is 12.0. The number of fused-ring (bicyclic) bond motifs is 1. The molecule has 0 aliphatic rings. The lowest BCUT2D eigenvalue weighted by Crippen LogP contribution is -2.26. The molecule has 0 saturated carbocycles. The topological polar surface area (TPSA) is 52.2 Å². The Hall–Kier alpha value is -0.0900. The summed E-state index contributed by atoms with van der Waals surface area (Å²) in [7, 11) is 0. The van der Waals surface area contributed by atoms with Gasteiger partial charge in [-0.1, -0.05) is 0 Å². The van der Waals surface area contributed by atoms with Crippen molar-refractivity contribution in [1.82, 2.24) is 4.09 Å². The van der Waals surface area contributed by atoms with Crippen LogP contribution in [0.5, 0.6) is 0 Å². The Kier molecular flexibility index (Phi) is 3.08. The summed E-state index contributed by atoms with van der Waals surface area (Å²) in [6, 6.07) is 3.44. The van der Waals surface area contributed by atoms with Gasteiger partial charge in [0, 0.05) is 15.3 Å². The fraction of sp³-hybridized carbons (Fsp3) is 0. The van der Waals surface area contributed by atoms with Gasteiger partial charge in [0.05, 0.1) is 8.96 Å². The quantitative estimate of drug-likeness (QED) is 0.580. The van der Waals surface area contributed by atoms with E-state index in [1.54, 1.807) is 6.07 Å². The highest BCUT2D eigenvalue weighted by Gasteiger charge is 2.11. The number of rotatable bonds is 0. The Morgan fingerprint density at radius 2 is 1.93 bits per heavy atom. The van der Waals surface area contributed by atoms with Crippen LogP contribution >= 0.6 is 57.0 Å². The molecule has 0 N–H and O–H groups in total. The maximum absolute atomic E-state index is 11.6. The molecular formula is C8H2ClI2NO3. The van der Waals surface area contributed by atoms with Crippen LogP contribution in [0, 0.1) is 7.14 Å². The number of hydrogen-bond donors (Lipinski definition) is 0. The van der Waals surface area contributed by atoms with E-state index >= 15 is 0 Å². The van der Waals surface area contributed by atoms with E-state index < -0.39 is 11.3 Å². The molecule has 4 nitrogen and oxygen atoms in total. The van der Waals surface area contributed by atoms with E-state index in [4.69, 9.17) is 16.2 Å². The molecule has 1 aromatic heterocycles. The molecular weight excluding hydrogens is 447 g/mol. The smallest absolute Gasteiger partial charge is 0.407 e. The summed E-state index contributed by atoms with van der Waals surface area (Å²) in [6.07, 6.45) is 0. The van der Waals surface area contributed by atoms with Gasteiger partial charge in [0.25, 0.3) is 5.56 Å². The standard InChI is InChI=1S/C8H2ClI2NO3/c9-12-7(13)4-1-3(10)2-5(11)6(4)15-8(12)14/h1-2H. The number of hydrogen-bond acceptors (Lipinski definition) is 3. The van der Waals surface area contributed by atoms with Crippen molar-refractivity contribution in [3.8, 4) is 0 Å². The van der Waals surface area contributed by atoms with Crippen molar-refractivity contribution < 1.29 is 4.42 Å². The van der Waals surface area contributed by atoms with E-state index in [0.29, 0.717) is 13.0 Å². The zero-order valence-electron chi connectivity index (χ0n) is 6.96. The van der Waals surface area contributed by atoms with Crippen LogP contribution in [-0.2, 0) is 0 Å². The van der Waals surface area contributed by atoms with Crippen molar-refractivity contribution in [2.45, 2.75) is 0 Å². The first-order chi connectivity index (χ1) is 7.00. The third-order valence-electron chi connectivity index (χ3n) is 1.77. The first kappa shape index (κ1) is 11.4. The maximum atomic E-state index is 11.6. The van der Waals surface area contributed by atoms with Crippen LogP contribution in [0.25, 0.3) is 11.0 Å². The largest absolute Gasteiger partial charge is 0.437 e. The van der Waals surface area contributed by atoms with Crippen LogP contribution < -0.4 is 11.3 Å². The second-order valence-electron chi connectivity index (χ2n) is 2.72. The lowest BCUT2D eigenvalue weighted by atomic mass is 10.2. The highest BCUT2D eigenvalue weighted by Crippen LogP contribution is 2.20. The Bertz CT molecular complexity index is 661. The van der Waals surface area contributed by atoms with Crippen molar-refractivity contribution >= 4 is 67.9 Å². The zero-order chi connectivity index (χ0) is 11.2. The van der Waals surface area contributed by atoms with E-state index in [1.807, 2.05) is 28.7 Å². The monoisotopic (exact) mass is 449 g/mol. The predicted octanol–water partition coefficient (Wildman–Crippen LogP) is 2.17. The van der Waals surface area contributed by atoms with Gasteiger partial charge in [-0.15, -0.1) is 4.09 Å². The Labute approximate surface area is 116 Å². The molecule has 7 heteroatoms. The molecule has 0 spiro atoms. The molecule has 0 aliphatic heterocycles. The Balaban J connectivity index is 3.13. The number of benzene rings is 1. The second-order valence-corrected chi connectivity index (χ2v) is 5.46. The molecule has 2 aromatic rings. The average molecular weight is 449 g/mol. The van der Waals surface area contributed by atoms with Gasteiger partial charge >= 0.3 is 5.76 Å². The third-order valence-corrected chi connectivity index (χ3v) is 3.48. The molecule has 0 amide bonds. The van der Waals surface area contributed by atoms with Crippen molar-refractivity contribution in [1.29, 1.82) is 0 Å². The summed E-state index contributed by atoms with van der Waals surface area (Å²) in [6.45, 7) is 0. The minimum absolute atomic E-state index is 0.280. The van der Waals surface area contributed by atoms with Crippen molar-refractivity contribution in [2.24, 2.45) is 0 Å². The van der Waals surface area contributed by atoms with E-state index in [9.17, 15) is 9.59 Å². The summed E-state index contributed by atoms with van der Waals surface area (Å²) in [4.78, 5) is 22.8. The Morgan fingerprint density at radius 1 is 1.27 bits per heavy atom. The van der Waals surface area contributed by atoms with E-state index in [-0.39, 0.29) is 5.58 Å². The van der Waals surface area contributed by atoms with Gasteiger partial charge in [0.2, 0.25) is 0 Å². The molecule has 0 atom stereocenters. The minimum Gasteiger partial charge on any atom is -0.407 e. The highest BCUT2D eigenvalue weighted by molar-refractivity contribution is 14.1. The number of halogens is 3. The van der Waals surface area contributed by atoms with Crippen molar-refractivity contribution in [3.63, 3.8) is 0 Å². The molecule has 0 bridgehead atoms. The highest BCUT2D eigenvalue weighted by atomic mass is 127. The first-order valence-corrected chi connectivity index (χ1v) is 6.21. The van der Waals surface area contributed by atoms with Crippen molar-refractivity contribution in [3.05, 3.63) is 40.2 Å². The maximum Gasteiger partial charge on any atom is 0.437 e. The number of aromatic nitrogens is 1. The van der Waals surface area contributed by atoms with Gasteiger partial charge in [-0.3, -0.25) is 4.79 Å². The lowest BCUT2D eigenvalue weighted by molar-refractivity contribution is 0.515. The fourth-order valence-corrected chi connectivity index (χ4v) is 3.22. The first-order valence-electron chi connectivity index (χ1n) is 3.72. The van der Waals surface area contributed by atoms with E-state index in [2.05, 4.69) is 22.6 Å². The molecule has 0 unspecified atom stereocenters. The van der Waals surface area contributed by atoms with Gasteiger partial charge in [-0.25, -0.2) is 4.79 Å². The summed E-state index contributed by atoms with van der Waals surface area (Å²) in [5, 5.41) is 0.306. The molecule has 2 rings (SSSR count). The van der Waals surface area contributed by atoms with Crippen LogP contribution in [0.2, 0.25) is 0 Å². The predicted molar refractivity (Wildman–Crippen MR) is 73.4 cm³/mol. The van der Waals surface area contributed by atoms with Crippen LogP contribution in [0.1, 0.15) is 0 Å². The fourth-order valence-electron chi connectivity index (χ4n) is 1.14. The van der Waals surface area contributed by atoms with Crippen LogP contribution in [0.4, 0.5) is 0 Å². The molecule has 78 valence electrons. The summed E-state index contributed by atoms with van der Waals surface area (Å²) >= 11 is 9.53. The number of nitrogens with zero attached hydrogens (tertiary/aromatic N) is 1. The molecule has 15 heavy (non-hydrogen) atoms. The molecule has 0 aliphatic carbocycles. The van der Waals surface area contributed by atoms with Gasteiger partial charge < -0.3 is 4.42 Å².